The lowest BCUT2D eigenvalue weighted by Crippen LogP contribution is -2.31. The predicted molar refractivity (Wildman–Crippen MR) is 55.1 cm³/mol. The standard InChI is InChI=1S/C11H14N2O2/c14-10-4-6-13(8-10)11(15)7-9-3-1-2-5-12-9/h1-3,5,10,14H,4,6-8H2/t10-/m1/s1. The van der Waals surface area contributed by atoms with Gasteiger partial charge in [-0.2, -0.15) is 0 Å². The number of hydrogen-bond acceptors (Lipinski definition) is 3. The molecule has 0 aliphatic carbocycles. The van der Waals surface area contributed by atoms with Crippen molar-refractivity contribution in [3.8, 4) is 0 Å². The maximum Gasteiger partial charge on any atom is 0.228 e. The first kappa shape index (κ1) is 10.1. The quantitative estimate of drug-likeness (QED) is 0.753. The van der Waals surface area contributed by atoms with E-state index in [0.29, 0.717) is 25.9 Å². The summed E-state index contributed by atoms with van der Waals surface area (Å²) in [6.45, 7) is 1.12. The number of nitrogens with zero attached hydrogens (tertiary/aromatic N) is 2. The molecule has 0 unspecified atom stereocenters. The van der Waals surface area contributed by atoms with Crippen molar-refractivity contribution in [1.82, 2.24) is 9.88 Å². The summed E-state index contributed by atoms with van der Waals surface area (Å²) < 4.78 is 0. The van der Waals surface area contributed by atoms with E-state index >= 15 is 0 Å². The number of amides is 1. The number of aliphatic hydroxyl groups excluding tert-OH is 1. The number of aliphatic hydroxyl groups is 1. The third-order valence-corrected chi connectivity index (χ3v) is 2.57. The molecular weight excluding hydrogens is 192 g/mol. The molecule has 80 valence electrons. The molecular formula is C11H14N2O2. The normalized spacial score (nSPS) is 20.6. The fraction of sp³-hybridized carbons (Fsp3) is 0.455. The average molecular weight is 206 g/mol. The van der Waals surface area contributed by atoms with Gasteiger partial charge in [-0.25, -0.2) is 0 Å². The molecule has 1 N–H and O–H groups in total. The summed E-state index contributed by atoms with van der Waals surface area (Å²) in [6, 6.07) is 5.53. The third kappa shape index (κ3) is 2.53. The third-order valence-electron chi connectivity index (χ3n) is 2.57. The van der Waals surface area contributed by atoms with E-state index in [9.17, 15) is 9.90 Å². The van der Waals surface area contributed by atoms with Gasteiger partial charge in [0.1, 0.15) is 0 Å². The minimum Gasteiger partial charge on any atom is -0.391 e. The average Bonchev–Trinajstić information content (AvgIpc) is 2.66. The molecule has 0 saturated carbocycles. The van der Waals surface area contributed by atoms with Crippen LogP contribution in [0.4, 0.5) is 0 Å². The van der Waals surface area contributed by atoms with Crippen LogP contribution in [0.5, 0.6) is 0 Å². The van der Waals surface area contributed by atoms with Gasteiger partial charge < -0.3 is 10.0 Å². The zero-order valence-electron chi connectivity index (χ0n) is 8.47. The Morgan fingerprint density at radius 3 is 3.07 bits per heavy atom. The highest BCUT2D eigenvalue weighted by Gasteiger charge is 2.24. The van der Waals surface area contributed by atoms with Gasteiger partial charge in [-0.15, -0.1) is 0 Å². The topological polar surface area (TPSA) is 53.4 Å². The van der Waals surface area contributed by atoms with E-state index in [-0.39, 0.29) is 12.0 Å². The van der Waals surface area contributed by atoms with Gasteiger partial charge in [0.05, 0.1) is 12.5 Å². The lowest BCUT2D eigenvalue weighted by molar-refractivity contribution is -0.129. The molecule has 1 atom stereocenters. The highest BCUT2D eigenvalue weighted by molar-refractivity contribution is 5.78. The first-order valence-corrected chi connectivity index (χ1v) is 5.11. The summed E-state index contributed by atoms with van der Waals surface area (Å²) in [7, 11) is 0. The molecule has 1 amide bonds. The van der Waals surface area contributed by atoms with Crippen molar-refractivity contribution >= 4 is 5.91 Å². The number of pyridine rings is 1. The Bertz CT molecular complexity index is 340. The first-order valence-electron chi connectivity index (χ1n) is 5.11. The Kier molecular flexibility index (Phi) is 2.97. The van der Waals surface area contributed by atoms with Gasteiger partial charge in [-0.05, 0) is 18.6 Å². The number of likely N-dealkylation sites (tertiary alicyclic amines) is 1. The lowest BCUT2D eigenvalue weighted by Gasteiger charge is -2.14. The predicted octanol–water partition coefficient (Wildman–Crippen LogP) is 0.217. The van der Waals surface area contributed by atoms with E-state index in [0.717, 1.165) is 5.69 Å². The highest BCUT2D eigenvalue weighted by Crippen LogP contribution is 2.10. The van der Waals surface area contributed by atoms with Crippen molar-refractivity contribution in [2.24, 2.45) is 0 Å². The summed E-state index contributed by atoms with van der Waals surface area (Å²) >= 11 is 0. The van der Waals surface area contributed by atoms with Crippen LogP contribution in [0.25, 0.3) is 0 Å². The van der Waals surface area contributed by atoms with Gasteiger partial charge in [0, 0.05) is 25.0 Å². The van der Waals surface area contributed by atoms with E-state index in [4.69, 9.17) is 0 Å². The van der Waals surface area contributed by atoms with E-state index in [1.807, 2.05) is 18.2 Å². The minimum absolute atomic E-state index is 0.0465. The smallest absolute Gasteiger partial charge is 0.228 e. The van der Waals surface area contributed by atoms with Crippen LogP contribution >= 0.6 is 0 Å². The SMILES string of the molecule is O=C(Cc1ccccn1)N1CC[C@@H](O)C1. The van der Waals surface area contributed by atoms with E-state index < -0.39 is 0 Å². The van der Waals surface area contributed by atoms with Crippen LogP contribution in [-0.2, 0) is 11.2 Å². The van der Waals surface area contributed by atoms with Crippen molar-refractivity contribution in [2.45, 2.75) is 18.9 Å². The molecule has 4 heteroatoms. The maximum absolute atomic E-state index is 11.7. The van der Waals surface area contributed by atoms with Gasteiger partial charge in [-0.3, -0.25) is 9.78 Å². The van der Waals surface area contributed by atoms with Crippen LogP contribution in [0.1, 0.15) is 12.1 Å². The second-order valence-electron chi connectivity index (χ2n) is 3.78. The van der Waals surface area contributed by atoms with Gasteiger partial charge in [0.2, 0.25) is 5.91 Å². The Hall–Kier alpha value is -1.42. The number of aromatic nitrogens is 1. The largest absolute Gasteiger partial charge is 0.391 e. The molecule has 0 spiro atoms. The van der Waals surface area contributed by atoms with Crippen molar-refractivity contribution in [1.29, 1.82) is 0 Å². The summed E-state index contributed by atoms with van der Waals surface area (Å²) in [5.74, 6) is 0.0465. The fourth-order valence-electron chi connectivity index (χ4n) is 1.74. The number of carbonyl (C=O) groups is 1. The molecule has 2 rings (SSSR count). The lowest BCUT2D eigenvalue weighted by atomic mass is 10.2. The Balaban J connectivity index is 1.93. The molecule has 2 heterocycles. The number of rotatable bonds is 2. The van der Waals surface area contributed by atoms with Crippen molar-refractivity contribution in [2.75, 3.05) is 13.1 Å². The minimum atomic E-state index is -0.349. The molecule has 1 fully saturated rings. The number of β-amino-alcohol motifs (C(OH)–C–C–N with tert-alkyl or cyclic N) is 1. The molecule has 0 bridgehead atoms. The zero-order valence-corrected chi connectivity index (χ0v) is 8.47. The van der Waals surface area contributed by atoms with Gasteiger partial charge >= 0.3 is 0 Å². The van der Waals surface area contributed by atoms with Crippen LogP contribution in [0, 0.1) is 0 Å². The Morgan fingerprint density at radius 2 is 2.47 bits per heavy atom. The molecule has 1 saturated heterocycles. The number of carbonyl (C=O) groups excluding carboxylic acids is 1. The molecule has 1 aliphatic rings. The molecule has 4 nitrogen and oxygen atoms in total. The van der Waals surface area contributed by atoms with Crippen LogP contribution in [0.15, 0.2) is 24.4 Å². The summed E-state index contributed by atoms with van der Waals surface area (Å²) in [4.78, 5) is 17.5. The zero-order chi connectivity index (χ0) is 10.7. The van der Waals surface area contributed by atoms with Gasteiger partial charge in [-0.1, -0.05) is 6.07 Å². The van der Waals surface area contributed by atoms with Gasteiger partial charge in [0.25, 0.3) is 0 Å². The van der Waals surface area contributed by atoms with E-state index in [1.165, 1.54) is 0 Å². The fourth-order valence-corrected chi connectivity index (χ4v) is 1.74. The van der Waals surface area contributed by atoms with Crippen LogP contribution in [0.3, 0.4) is 0 Å². The second kappa shape index (κ2) is 4.40. The molecule has 1 aromatic heterocycles. The molecule has 15 heavy (non-hydrogen) atoms. The summed E-state index contributed by atoms with van der Waals surface area (Å²) in [6.07, 6.45) is 2.35. The number of hydrogen-bond donors (Lipinski definition) is 1. The second-order valence-corrected chi connectivity index (χ2v) is 3.78. The Labute approximate surface area is 88.6 Å². The van der Waals surface area contributed by atoms with Crippen molar-refractivity contribution in [3.63, 3.8) is 0 Å². The monoisotopic (exact) mass is 206 g/mol. The molecule has 1 aliphatic heterocycles. The van der Waals surface area contributed by atoms with Crippen molar-refractivity contribution < 1.29 is 9.90 Å². The molecule has 0 aromatic carbocycles. The summed E-state index contributed by atoms with van der Waals surface area (Å²) in [5, 5.41) is 9.31. The summed E-state index contributed by atoms with van der Waals surface area (Å²) in [5.41, 5.74) is 0.781. The maximum atomic E-state index is 11.7. The first-order chi connectivity index (χ1) is 7.25. The molecule has 1 aromatic rings. The van der Waals surface area contributed by atoms with E-state index in [2.05, 4.69) is 4.98 Å². The van der Waals surface area contributed by atoms with Crippen LogP contribution < -0.4 is 0 Å². The van der Waals surface area contributed by atoms with Crippen LogP contribution in [0.2, 0.25) is 0 Å². The van der Waals surface area contributed by atoms with Crippen LogP contribution in [-0.4, -0.2) is 40.1 Å². The molecule has 0 radical (unpaired) electrons. The Morgan fingerprint density at radius 1 is 1.60 bits per heavy atom. The highest BCUT2D eigenvalue weighted by atomic mass is 16.3. The van der Waals surface area contributed by atoms with Crippen molar-refractivity contribution in [3.05, 3.63) is 30.1 Å². The van der Waals surface area contributed by atoms with E-state index in [1.54, 1.807) is 11.1 Å². The van der Waals surface area contributed by atoms with Gasteiger partial charge in [0.15, 0.2) is 0 Å².